The van der Waals surface area contributed by atoms with Gasteiger partial charge < -0.3 is 14.7 Å². The highest BCUT2D eigenvalue weighted by molar-refractivity contribution is 5.81. The highest BCUT2D eigenvalue weighted by Gasteiger charge is 2.31. The molecule has 1 aromatic rings. The van der Waals surface area contributed by atoms with Crippen molar-refractivity contribution < 1.29 is 4.39 Å². The van der Waals surface area contributed by atoms with Gasteiger partial charge in [0.2, 0.25) is 5.96 Å². The molecule has 22 heavy (non-hydrogen) atoms. The third-order valence-electron chi connectivity index (χ3n) is 4.45. The molecular formula is C16H24FN5. The van der Waals surface area contributed by atoms with Crippen molar-refractivity contribution in [3.63, 3.8) is 0 Å². The van der Waals surface area contributed by atoms with Crippen LogP contribution in [0.5, 0.6) is 0 Å². The van der Waals surface area contributed by atoms with Crippen LogP contribution in [0.1, 0.15) is 25.7 Å². The molecule has 0 amide bonds. The van der Waals surface area contributed by atoms with E-state index in [1.807, 2.05) is 7.05 Å². The number of anilines is 1. The van der Waals surface area contributed by atoms with Gasteiger partial charge in [-0.25, -0.2) is 4.39 Å². The fourth-order valence-electron chi connectivity index (χ4n) is 3.12. The monoisotopic (exact) mass is 305 g/mol. The Kier molecular flexibility index (Phi) is 4.36. The molecule has 0 radical (unpaired) electrons. The first-order valence-electron chi connectivity index (χ1n) is 7.96. The van der Waals surface area contributed by atoms with Crippen molar-refractivity contribution in [3.8, 4) is 0 Å². The highest BCUT2D eigenvalue weighted by atomic mass is 19.1. The minimum atomic E-state index is -0.216. The number of nitrogens with zero attached hydrogens (tertiary/aromatic N) is 4. The molecule has 0 aromatic heterocycles. The third kappa shape index (κ3) is 2.96. The van der Waals surface area contributed by atoms with E-state index in [0.717, 1.165) is 24.7 Å². The molecule has 1 aromatic carbocycles. The van der Waals surface area contributed by atoms with E-state index in [9.17, 15) is 4.39 Å². The summed E-state index contributed by atoms with van der Waals surface area (Å²) in [5.41, 5.74) is 4.15. The molecule has 1 N–H and O–H groups in total. The fourth-order valence-corrected chi connectivity index (χ4v) is 3.12. The van der Waals surface area contributed by atoms with Crippen LogP contribution >= 0.6 is 0 Å². The van der Waals surface area contributed by atoms with Crippen molar-refractivity contribution in [2.24, 2.45) is 5.10 Å². The lowest BCUT2D eigenvalue weighted by Gasteiger charge is -2.34. The number of benzene rings is 1. The van der Waals surface area contributed by atoms with E-state index in [1.165, 1.54) is 37.8 Å². The summed E-state index contributed by atoms with van der Waals surface area (Å²) in [4.78, 5) is 6.57. The lowest BCUT2D eigenvalue weighted by Crippen LogP contribution is -2.52. The molecule has 2 aliphatic rings. The zero-order valence-corrected chi connectivity index (χ0v) is 13.3. The van der Waals surface area contributed by atoms with E-state index < -0.39 is 0 Å². The van der Waals surface area contributed by atoms with E-state index in [2.05, 4.69) is 32.3 Å². The van der Waals surface area contributed by atoms with Crippen LogP contribution < -0.4 is 10.3 Å². The fraction of sp³-hybridized carbons (Fsp3) is 0.562. The Morgan fingerprint density at radius 1 is 1.14 bits per heavy atom. The lowest BCUT2D eigenvalue weighted by atomic mass is 10.2. The highest BCUT2D eigenvalue weighted by Crippen LogP contribution is 2.20. The van der Waals surface area contributed by atoms with Gasteiger partial charge >= 0.3 is 0 Å². The van der Waals surface area contributed by atoms with Crippen molar-refractivity contribution >= 4 is 11.6 Å². The topological polar surface area (TPSA) is 34.1 Å². The van der Waals surface area contributed by atoms with E-state index in [4.69, 9.17) is 0 Å². The predicted octanol–water partition coefficient (Wildman–Crippen LogP) is 2.23. The molecule has 1 fully saturated rings. The summed E-state index contributed by atoms with van der Waals surface area (Å²) in [6, 6.07) is 6.54. The van der Waals surface area contributed by atoms with Crippen LogP contribution in [0.25, 0.3) is 0 Å². The van der Waals surface area contributed by atoms with Gasteiger partial charge in [-0.15, -0.1) is 5.10 Å². The number of rotatable bonds is 2. The summed E-state index contributed by atoms with van der Waals surface area (Å²) in [5, 5.41) is 4.53. The molecule has 2 aliphatic heterocycles. The van der Waals surface area contributed by atoms with Crippen LogP contribution in [0.3, 0.4) is 0 Å². The summed E-state index contributed by atoms with van der Waals surface area (Å²) < 4.78 is 13.1. The zero-order valence-electron chi connectivity index (χ0n) is 13.3. The Labute approximate surface area is 131 Å². The molecule has 3 rings (SSSR count). The van der Waals surface area contributed by atoms with Crippen LogP contribution in [0, 0.1) is 5.82 Å². The van der Waals surface area contributed by atoms with Crippen LogP contribution in [0.15, 0.2) is 29.4 Å². The van der Waals surface area contributed by atoms with Gasteiger partial charge in [-0.2, -0.15) is 0 Å². The predicted molar refractivity (Wildman–Crippen MR) is 87.0 cm³/mol. The zero-order chi connectivity index (χ0) is 15.5. The Balaban J connectivity index is 1.68. The first-order valence-corrected chi connectivity index (χ1v) is 7.96. The van der Waals surface area contributed by atoms with Gasteiger partial charge in [0.25, 0.3) is 0 Å². The molecular weight excluding hydrogens is 281 g/mol. The minimum Gasteiger partial charge on any atom is -0.341 e. The van der Waals surface area contributed by atoms with E-state index in [0.29, 0.717) is 0 Å². The second-order valence-corrected chi connectivity index (χ2v) is 6.01. The first-order chi connectivity index (χ1) is 10.7. The molecule has 1 atom stereocenters. The van der Waals surface area contributed by atoms with E-state index in [-0.39, 0.29) is 12.1 Å². The minimum absolute atomic E-state index is 0.0521. The van der Waals surface area contributed by atoms with Crippen molar-refractivity contribution in [2.75, 3.05) is 32.1 Å². The Morgan fingerprint density at radius 3 is 2.41 bits per heavy atom. The molecule has 6 heteroatoms. The molecule has 5 nitrogen and oxygen atoms in total. The Morgan fingerprint density at radius 2 is 1.77 bits per heavy atom. The number of hydrogen-bond donors (Lipinski definition) is 1. The van der Waals surface area contributed by atoms with E-state index in [1.54, 1.807) is 12.1 Å². The number of hydrazone groups is 1. The quantitative estimate of drug-likeness (QED) is 0.908. The third-order valence-corrected chi connectivity index (χ3v) is 4.45. The number of halogens is 1. The van der Waals surface area contributed by atoms with Gasteiger partial charge in [0.1, 0.15) is 5.82 Å². The van der Waals surface area contributed by atoms with Crippen LogP contribution in [0.4, 0.5) is 10.1 Å². The maximum atomic E-state index is 13.1. The molecule has 0 bridgehead atoms. The Bertz CT molecular complexity index is 522. The van der Waals surface area contributed by atoms with Crippen molar-refractivity contribution in [3.05, 3.63) is 30.1 Å². The molecule has 120 valence electrons. The molecule has 0 aliphatic carbocycles. The first kappa shape index (κ1) is 14.9. The summed E-state index contributed by atoms with van der Waals surface area (Å²) in [6.45, 7) is 2.13. The van der Waals surface area contributed by atoms with Gasteiger partial charge in [0.15, 0.2) is 6.29 Å². The van der Waals surface area contributed by atoms with Gasteiger partial charge in [-0.05, 0) is 37.1 Å². The van der Waals surface area contributed by atoms with Crippen molar-refractivity contribution in [1.82, 2.24) is 15.2 Å². The smallest absolute Gasteiger partial charge is 0.221 e. The second-order valence-electron chi connectivity index (χ2n) is 6.01. The standard InChI is InChI=1S/C16H24FN5/c1-20(14-9-7-13(17)8-10-14)15-18-19-16(21(15)2)22-11-5-3-4-6-12-22/h7-10,15,18H,3-6,11-12H2,1-2H3. The van der Waals surface area contributed by atoms with Crippen molar-refractivity contribution in [2.45, 2.75) is 32.0 Å². The maximum Gasteiger partial charge on any atom is 0.221 e. The Hall–Kier alpha value is -1.98. The van der Waals surface area contributed by atoms with Gasteiger partial charge in [-0.3, -0.25) is 5.43 Å². The molecule has 0 spiro atoms. The van der Waals surface area contributed by atoms with Crippen LogP contribution in [-0.4, -0.2) is 49.2 Å². The summed E-state index contributed by atoms with van der Waals surface area (Å²) in [7, 11) is 4.04. The van der Waals surface area contributed by atoms with E-state index >= 15 is 0 Å². The average molecular weight is 305 g/mol. The molecule has 1 saturated heterocycles. The van der Waals surface area contributed by atoms with Gasteiger partial charge in [-0.1, -0.05) is 12.8 Å². The number of likely N-dealkylation sites (tertiary alicyclic amines) is 1. The second kappa shape index (κ2) is 6.42. The lowest BCUT2D eigenvalue weighted by molar-refractivity contribution is 0.302. The maximum absolute atomic E-state index is 13.1. The van der Waals surface area contributed by atoms with Crippen LogP contribution in [-0.2, 0) is 0 Å². The molecule has 1 unspecified atom stereocenters. The van der Waals surface area contributed by atoms with Gasteiger partial charge in [0.05, 0.1) is 0 Å². The normalized spacial score (nSPS) is 22.1. The molecule has 2 heterocycles. The van der Waals surface area contributed by atoms with Gasteiger partial charge in [0, 0.05) is 32.9 Å². The number of guanidine groups is 1. The van der Waals surface area contributed by atoms with Crippen molar-refractivity contribution in [1.29, 1.82) is 0 Å². The number of hydrogen-bond acceptors (Lipinski definition) is 5. The number of nitrogens with one attached hydrogen (secondary N) is 1. The van der Waals surface area contributed by atoms with Crippen LogP contribution in [0.2, 0.25) is 0 Å². The summed E-state index contributed by atoms with van der Waals surface area (Å²) in [6.07, 6.45) is 5.01. The SMILES string of the molecule is CN1C(N2CCCCCC2)=NNC1N(C)c1ccc(F)cc1. The summed E-state index contributed by atoms with van der Waals surface area (Å²) >= 11 is 0. The average Bonchev–Trinajstić information content (AvgIpc) is 2.74. The largest absolute Gasteiger partial charge is 0.341 e. The molecule has 0 saturated carbocycles. The summed E-state index contributed by atoms with van der Waals surface area (Å²) in [5.74, 6) is 0.784.